The fourth-order valence-electron chi connectivity index (χ4n) is 1.93. The van der Waals surface area contributed by atoms with Crippen LogP contribution in [0.4, 0.5) is 0 Å². The first-order chi connectivity index (χ1) is 7.97. The monoisotopic (exact) mass is 242 g/mol. The van der Waals surface area contributed by atoms with Crippen LogP contribution in [-0.4, -0.2) is 47.1 Å². The molecule has 0 bridgehead atoms. The van der Waals surface area contributed by atoms with Crippen molar-refractivity contribution < 1.29 is 14.7 Å². The fourth-order valence-corrected chi connectivity index (χ4v) is 1.93. The lowest BCUT2D eigenvalue weighted by molar-refractivity contribution is -0.141. The van der Waals surface area contributed by atoms with Crippen LogP contribution in [0.15, 0.2) is 0 Å². The van der Waals surface area contributed by atoms with Crippen LogP contribution in [0.1, 0.15) is 33.6 Å². The number of likely N-dealkylation sites (N-methyl/N-ethyl adjacent to an activating group) is 1. The molecule has 0 aliphatic heterocycles. The molecular formula is C12H22N2O3. The Hall–Kier alpha value is -1.10. The normalized spacial score (nSPS) is 16.9. The second-order valence-electron chi connectivity index (χ2n) is 4.85. The van der Waals surface area contributed by atoms with Gasteiger partial charge in [0.2, 0.25) is 5.91 Å². The van der Waals surface area contributed by atoms with E-state index in [9.17, 15) is 9.59 Å². The third kappa shape index (κ3) is 4.00. The molecule has 0 aromatic rings. The lowest BCUT2D eigenvalue weighted by Gasteiger charge is -2.23. The zero-order valence-corrected chi connectivity index (χ0v) is 10.8. The Morgan fingerprint density at radius 3 is 2.35 bits per heavy atom. The van der Waals surface area contributed by atoms with Crippen molar-refractivity contribution in [3.63, 3.8) is 0 Å². The third-order valence-corrected chi connectivity index (χ3v) is 3.05. The fraction of sp³-hybridized carbons (Fsp3) is 0.833. The molecule has 2 N–H and O–H groups in total. The molecule has 5 heteroatoms. The van der Waals surface area contributed by atoms with E-state index >= 15 is 0 Å². The summed E-state index contributed by atoms with van der Waals surface area (Å²) in [6.45, 7) is 6.42. The summed E-state index contributed by atoms with van der Waals surface area (Å²) < 4.78 is 0. The van der Waals surface area contributed by atoms with Gasteiger partial charge in [-0.1, -0.05) is 13.8 Å². The number of carboxylic acids is 1. The molecule has 0 heterocycles. The van der Waals surface area contributed by atoms with Crippen LogP contribution in [0.2, 0.25) is 0 Å². The van der Waals surface area contributed by atoms with Crippen LogP contribution in [0.5, 0.6) is 0 Å². The highest BCUT2D eigenvalue weighted by molar-refractivity contribution is 5.80. The Morgan fingerprint density at radius 1 is 1.41 bits per heavy atom. The number of hydrogen-bond acceptors (Lipinski definition) is 3. The van der Waals surface area contributed by atoms with Crippen molar-refractivity contribution in [1.29, 1.82) is 0 Å². The molecule has 1 aliphatic carbocycles. The van der Waals surface area contributed by atoms with E-state index in [1.165, 1.54) is 0 Å². The van der Waals surface area contributed by atoms with E-state index in [2.05, 4.69) is 5.32 Å². The van der Waals surface area contributed by atoms with E-state index in [1.807, 2.05) is 25.7 Å². The van der Waals surface area contributed by atoms with Gasteiger partial charge in [0.15, 0.2) is 0 Å². The van der Waals surface area contributed by atoms with Gasteiger partial charge in [0.1, 0.15) is 6.04 Å². The summed E-state index contributed by atoms with van der Waals surface area (Å²) in [7, 11) is 0. The molecule has 98 valence electrons. The minimum absolute atomic E-state index is 0.00176. The number of amides is 1. The van der Waals surface area contributed by atoms with Crippen molar-refractivity contribution >= 4 is 11.9 Å². The standard InChI is InChI=1S/C12H22N2O3/c1-4-14(9-5-6-9)10(15)7-13-11(8(2)3)12(16)17/h8-9,11,13H,4-7H2,1-3H3,(H,16,17). The van der Waals surface area contributed by atoms with Crippen molar-refractivity contribution in [2.75, 3.05) is 13.1 Å². The highest BCUT2D eigenvalue weighted by atomic mass is 16.4. The quantitative estimate of drug-likeness (QED) is 0.689. The molecule has 0 aromatic carbocycles. The predicted molar refractivity (Wildman–Crippen MR) is 64.7 cm³/mol. The van der Waals surface area contributed by atoms with Crippen molar-refractivity contribution in [2.24, 2.45) is 5.92 Å². The third-order valence-electron chi connectivity index (χ3n) is 3.05. The van der Waals surface area contributed by atoms with E-state index < -0.39 is 12.0 Å². The molecule has 0 spiro atoms. The zero-order chi connectivity index (χ0) is 13.0. The van der Waals surface area contributed by atoms with Gasteiger partial charge in [-0.2, -0.15) is 0 Å². The highest BCUT2D eigenvalue weighted by Crippen LogP contribution is 2.26. The lowest BCUT2D eigenvalue weighted by Crippen LogP contribution is -2.47. The van der Waals surface area contributed by atoms with Crippen LogP contribution in [0.3, 0.4) is 0 Å². The second kappa shape index (κ2) is 6.00. The maximum Gasteiger partial charge on any atom is 0.320 e. The number of rotatable bonds is 7. The Balaban J connectivity index is 2.42. The Morgan fingerprint density at radius 2 is 2.00 bits per heavy atom. The number of nitrogens with zero attached hydrogens (tertiary/aromatic N) is 1. The van der Waals surface area contributed by atoms with Gasteiger partial charge in [-0.05, 0) is 25.7 Å². The molecule has 1 aliphatic rings. The molecular weight excluding hydrogens is 220 g/mol. The SMILES string of the molecule is CCN(C(=O)CNC(C(=O)O)C(C)C)C1CC1. The maximum absolute atomic E-state index is 11.9. The summed E-state index contributed by atoms with van der Waals surface area (Å²) in [5.41, 5.74) is 0. The van der Waals surface area contributed by atoms with Crippen LogP contribution in [0, 0.1) is 5.92 Å². The van der Waals surface area contributed by atoms with Crippen molar-refractivity contribution in [3.05, 3.63) is 0 Å². The molecule has 1 amide bonds. The maximum atomic E-state index is 11.9. The van der Waals surface area contributed by atoms with E-state index in [1.54, 1.807) is 0 Å². The number of carboxylic acid groups (broad SMARTS) is 1. The van der Waals surface area contributed by atoms with Gasteiger partial charge in [-0.25, -0.2) is 0 Å². The minimum Gasteiger partial charge on any atom is -0.480 e. The Bertz CT molecular complexity index is 287. The number of hydrogen-bond donors (Lipinski definition) is 2. The van der Waals surface area contributed by atoms with Gasteiger partial charge in [-0.15, -0.1) is 0 Å². The van der Waals surface area contributed by atoms with E-state index in [0.29, 0.717) is 12.6 Å². The Labute approximate surface area is 102 Å². The summed E-state index contributed by atoms with van der Waals surface area (Å²) in [5, 5.41) is 11.8. The first-order valence-electron chi connectivity index (χ1n) is 6.23. The molecule has 1 fully saturated rings. The highest BCUT2D eigenvalue weighted by Gasteiger charge is 2.31. The summed E-state index contributed by atoms with van der Waals surface area (Å²) in [4.78, 5) is 24.7. The lowest BCUT2D eigenvalue weighted by atomic mass is 10.1. The average molecular weight is 242 g/mol. The number of carbonyl (C=O) groups is 2. The van der Waals surface area contributed by atoms with Crippen molar-refractivity contribution in [2.45, 2.75) is 45.7 Å². The molecule has 17 heavy (non-hydrogen) atoms. The molecule has 0 saturated heterocycles. The molecule has 0 aromatic heterocycles. The van der Waals surface area contributed by atoms with Crippen LogP contribution >= 0.6 is 0 Å². The molecule has 1 saturated carbocycles. The summed E-state index contributed by atoms with van der Waals surface area (Å²) in [6, 6.07) is -0.270. The number of carbonyl (C=O) groups excluding carboxylic acids is 1. The molecule has 1 unspecified atom stereocenters. The number of nitrogens with one attached hydrogen (secondary N) is 1. The van der Waals surface area contributed by atoms with Crippen LogP contribution in [-0.2, 0) is 9.59 Å². The molecule has 0 radical (unpaired) electrons. The Kier molecular flexibility index (Phi) is 4.93. The first kappa shape index (κ1) is 14.0. The molecule has 5 nitrogen and oxygen atoms in total. The van der Waals surface area contributed by atoms with Crippen LogP contribution in [0.25, 0.3) is 0 Å². The second-order valence-corrected chi connectivity index (χ2v) is 4.85. The summed E-state index contributed by atoms with van der Waals surface area (Å²) in [6.07, 6.45) is 2.15. The predicted octanol–water partition coefficient (Wildman–Crippen LogP) is 0.696. The minimum atomic E-state index is -0.901. The van der Waals surface area contributed by atoms with E-state index in [0.717, 1.165) is 12.8 Å². The van der Waals surface area contributed by atoms with Gasteiger partial charge in [0.25, 0.3) is 0 Å². The topological polar surface area (TPSA) is 69.6 Å². The van der Waals surface area contributed by atoms with E-state index in [4.69, 9.17) is 5.11 Å². The molecule has 1 atom stereocenters. The largest absolute Gasteiger partial charge is 0.480 e. The molecule has 1 rings (SSSR count). The zero-order valence-electron chi connectivity index (χ0n) is 10.8. The van der Waals surface area contributed by atoms with Crippen molar-refractivity contribution in [3.8, 4) is 0 Å². The van der Waals surface area contributed by atoms with Gasteiger partial charge >= 0.3 is 5.97 Å². The summed E-state index contributed by atoms with van der Waals surface area (Å²) >= 11 is 0. The van der Waals surface area contributed by atoms with E-state index in [-0.39, 0.29) is 18.4 Å². The van der Waals surface area contributed by atoms with Gasteiger partial charge in [-0.3, -0.25) is 14.9 Å². The van der Waals surface area contributed by atoms with Gasteiger partial charge in [0.05, 0.1) is 6.54 Å². The first-order valence-corrected chi connectivity index (χ1v) is 6.23. The van der Waals surface area contributed by atoms with Gasteiger partial charge in [0, 0.05) is 12.6 Å². The smallest absolute Gasteiger partial charge is 0.320 e. The van der Waals surface area contributed by atoms with Crippen LogP contribution < -0.4 is 5.32 Å². The number of aliphatic carboxylic acids is 1. The van der Waals surface area contributed by atoms with Gasteiger partial charge < -0.3 is 10.0 Å². The average Bonchev–Trinajstić information content (AvgIpc) is 3.02. The van der Waals surface area contributed by atoms with Crippen molar-refractivity contribution in [1.82, 2.24) is 10.2 Å². The summed E-state index contributed by atoms with van der Waals surface area (Å²) in [5.74, 6) is -0.930.